The van der Waals surface area contributed by atoms with Gasteiger partial charge in [0.25, 0.3) is 0 Å². The Hall–Kier alpha value is -0.870. The van der Waals surface area contributed by atoms with Crippen LogP contribution in [0.1, 0.15) is 5.56 Å². The zero-order valence-electron chi connectivity index (χ0n) is 7.13. The van der Waals surface area contributed by atoms with Crippen LogP contribution in [0.3, 0.4) is 0 Å². The zero-order chi connectivity index (χ0) is 9.14. The number of nitrogens with one attached hydrogen (secondary N) is 1. The van der Waals surface area contributed by atoms with Crippen LogP contribution < -0.4 is 10.5 Å². The highest BCUT2D eigenvalue weighted by atomic mass is 32.2. The van der Waals surface area contributed by atoms with Gasteiger partial charge in [-0.15, -0.1) is 0 Å². The van der Waals surface area contributed by atoms with Crippen molar-refractivity contribution in [3.05, 3.63) is 23.8 Å². The number of benzene rings is 1. The number of rotatable bonds is 2. The molecule has 0 saturated carbocycles. The second kappa shape index (κ2) is 3.69. The molecule has 1 unspecified atom stereocenters. The Labute approximate surface area is 74.6 Å². The first-order valence-electron chi connectivity index (χ1n) is 3.60. The number of nitrogens with two attached hydrogens (primary N) is 1. The third-order valence-corrected chi connectivity index (χ3v) is 2.81. The largest absolute Gasteiger partial charge is 0.399 e. The number of anilines is 1. The summed E-state index contributed by atoms with van der Waals surface area (Å²) in [6, 6.07) is 5.38. The second-order valence-corrected chi connectivity index (χ2v) is 3.88. The minimum atomic E-state index is -1.14. The molecule has 0 fully saturated rings. The first kappa shape index (κ1) is 9.22. The Morgan fingerprint density at radius 1 is 1.50 bits per heavy atom. The fourth-order valence-electron chi connectivity index (χ4n) is 0.926. The van der Waals surface area contributed by atoms with Crippen molar-refractivity contribution in [1.29, 1.82) is 0 Å². The van der Waals surface area contributed by atoms with Crippen LogP contribution in [0.15, 0.2) is 23.1 Å². The number of nitrogen functional groups attached to an aromatic ring is 1. The SMILES string of the molecule is CNS(=O)c1cc(N)ccc1C. The van der Waals surface area contributed by atoms with Gasteiger partial charge < -0.3 is 5.73 Å². The highest BCUT2D eigenvalue weighted by Crippen LogP contribution is 2.14. The molecule has 1 atom stereocenters. The molecule has 3 nitrogen and oxygen atoms in total. The Balaban J connectivity index is 3.13. The van der Waals surface area contributed by atoms with Crippen LogP contribution in [0, 0.1) is 6.92 Å². The molecule has 12 heavy (non-hydrogen) atoms. The Morgan fingerprint density at radius 3 is 2.75 bits per heavy atom. The lowest BCUT2D eigenvalue weighted by Crippen LogP contribution is -2.11. The van der Waals surface area contributed by atoms with Crippen LogP contribution in [-0.2, 0) is 11.0 Å². The lowest BCUT2D eigenvalue weighted by atomic mass is 10.2. The van der Waals surface area contributed by atoms with Crippen molar-refractivity contribution >= 4 is 16.7 Å². The molecule has 0 aliphatic rings. The van der Waals surface area contributed by atoms with Crippen molar-refractivity contribution in [2.75, 3.05) is 12.8 Å². The molecule has 1 aromatic rings. The van der Waals surface area contributed by atoms with Gasteiger partial charge in [-0.25, -0.2) is 8.93 Å². The number of hydrogen-bond acceptors (Lipinski definition) is 2. The molecule has 0 radical (unpaired) electrons. The van der Waals surface area contributed by atoms with Crippen LogP contribution in [0.4, 0.5) is 5.69 Å². The molecule has 0 aliphatic carbocycles. The molecule has 0 saturated heterocycles. The minimum Gasteiger partial charge on any atom is -0.399 e. The number of hydrogen-bond donors (Lipinski definition) is 2. The summed E-state index contributed by atoms with van der Waals surface area (Å²) in [4.78, 5) is 0.748. The summed E-state index contributed by atoms with van der Waals surface area (Å²) in [5.41, 5.74) is 7.18. The predicted molar refractivity (Wildman–Crippen MR) is 51.1 cm³/mol. The maximum atomic E-state index is 11.3. The lowest BCUT2D eigenvalue weighted by Gasteiger charge is -2.04. The molecular weight excluding hydrogens is 172 g/mol. The third kappa shape index (κ3) is 1.84. The third-order valence-electron chi connectivity index (χ3n) is 1.60. The average Bonchev–Trinajstić information content (AvgIpc) is 2.08. The van der Waals surface area contributed by atoms with Crippen LogP contribution in [-0.4, -0.2) is 11.3 Å². The van der Waals surface area contributed by atoms with Crippen LogP contribution >= 0.6 is 0 Å². The molecular formula is C8H12N2OS. The summed E-state index contributed by atoms with van der Waals surface area (Å²) in [7, 11) is 0.509. The van der Waals surface area contributed by atoms with Gasteiger partial charge in [-0.05, 0) is 31.7 Å². The highest BCUT2D eigenvalue weighted by molar-refractivity contribution is 7.83. The minimum absolute atomic E-state index is 0.638. The van der Waals surface area contributed by atoms with E-state index in [2.05, 4.69) is 4.72 Å². The van der Waals surface area contributed by atoms with Crippen LogP contribution in [0.25, 0.3) is 0 Å². The van der Waals surface area contributed by atoms with E-state index < -0.39 is 11.0 Å². The van der Waals surface area contributed by atoms with Crippen molar-refractivity contribution in [2.45, 2.75) is 11.8 Å². The normalized spacial score (nSPS) is 12.8. The first-order chi connectivity index (χ1) is 5.65. The van der Waals surface area contributed by atoms with Gasteiger partial charge >= 0.3 is 0 Å². The molecule has 1 aromatic carbocycles. The zero-order valence-corrected chi connectivity index (χ0v) is 7.94. The van der Waals surface area contributed by atoms with Gasteiger partial charge in [0.15, 0.2) is 0 Å². The Morgan fingerprint density at radius 2 is 2.17 bits per heavy atom. The van der Waals surface area contributed by atoms with Crippen molar-refractivity contribution in [2.24, 2.45) is 0 Å². The molecule has 0 amide bonds. The predicted octanol–water partition coefficient (Wildman–Crippen LogP) is 0.819. The van der Waals surface area contributed by atoms with Gasteiger partial charge in [-0.1, -0.05) is 6.07 Å². The van der Waals surface area contributed by atoms with Crippen LogP contribution in [0.5, 0.6) is 0 Å². The van der Waals surface area contributed by atoms with E-state index in [9.17, 15) is 4.21 Å². The fourth-order valence-corrected chi connectivity index (χ4v) is 1.75. The van der Waals surface area contributed by atoms with Crippen molar-refractivity contribution < 1.29 is 4.21 Å². The maximum absolute atomic E-state index is 11.3. The van der Waals surface area contributed by atoms with Crippen LogP contribution in [0.2, 0.25) is 0 Å². The smallest absolute Gasteiger partial charge is 0.124 e. The molecule has 1 rings (SSSR count). The summed E-state index contributed by atoms with van der Waals surface area (Å²) >= 11 is 0. The summed E-state index contributed by atoms with van der Waals surface area (Å²) in [5, 5.41) is 0. The molecule has 3 N–H and O–H groups in total. The van der Waals surface area contributed by atoms with Crippen molar-refractivity contribution in [3.8, 4) is 0 Å². The van der Waals surface area contributed by atoms with Gasteiger partial charge in [-0.2, -0.15) is 0 Å². The Kier molecular flexibility index (Phi) is 2.83. The van der Waals surface area contributed by atoms with Crippen molar-refractivity contribution in [1.82, 2.24) is 4.72 Å². The quantitative estimate of drug-likeness (QED) is 0.668. The maximum Gasteiger partial charge on any atom is 0.124 e. The summed E-state index contributed by atoms with van der Waals surface area (Å²) < 4.78 is 14.0. The molecule has 0 aromatic heterocycles. The molecule has 0 bridgehead atoms. The summed E-state index contributed by atoms with van der Waals surface area (Å²) in [5.74, 6) is 0. The van der Waals surface area contributed by atoms with E-state index in [4.69, 9.17) is 5.73 Å². The highest BCUT2D eigenvalue weighted by Gasteiger charge is 2.04. The first-order valence-corrected chi connectivity index (χ1v) is 4.75. The van der Waals surface area contributed by atoms with Gasteiger partial charge in [0.05, 0.1) is 4.90 Å². The van der Waals surface area contributed by atoms with Crippen molar-refractivity contribution in [3.63, 3.8) is 0 Å². The van der Waals surface area contributed by atoms with E-state index in [1.807, 2.05) is 13.0 Å². The average molecular weight is 184 g/mol. The van der Waals surface area contributed by atoms with E-state index in [0.29, 0.717) is 5.69 Å². The standard InChI is InChI=1S/C8H12N2OS/c1-6-3-4-7(9)5-8(6)12(11)10-2/h3-5,10H,9H2,1-2H3. The fraction of sp³-hybridized carbons (Fsp3) is 0.250. The topological polar surface area (TPSA) is 55.1 Å². The van der Waals surface area contributed by atoms with E-state index in [-0.39, 0.29) is 0 Å². The summed E-state index contributed by atoms with van der Waals surface area (Å²) in [6.07, 6.45) is 0. The van der Waals surface area contributed by atoms with E-state index in [0.717, 1.165) is 10.5 Å². The number of aryl methyl sites for hydroxylation is 1. The monoisotopic (exact) mass is 184 g/mol. The van der Waals surface area contributed by atoms with Gasteiger partial charge in [0.2, 0.25) is 0 Å². The van der Waals surface area contributed by atoms with E-state index in [1.54, 1.807) is 19.2 Å². The van der Waals surface area contributed by atoms with E-state index >= 15 is 0 Å². The van der Waals surface area contributed by atoms with Gasteiger partial charge in [0, 0.05) is 5.69 Å². The van der Waals surface area contributed by atoms with E-state index in [1.165, 1.54) is 0 Å². The second-order valence-electron chi connectivity index (χ2n) is 2.50. The molecule has 0 spiro atoms. The molecule has 66 valence electrons. The Bertz CT molecular complexity index is 312. The van der Waals surface area contributed by atoms with Gasteiger partial charge in [-0.3, -0.25) is 0 Å². The molecule has 0 heterocycles. The lowest BCUT2D eigenvalue weighted by molar-refractivity contribution is 0.677. The van der Waals surface area contributed by atoms with Gasteiger partial charge in [0.1, 0.15) is 11.0 Å². The summed E-state index contributed by atoms with van der Waals surface area (Å²) in [6.45, 7) is 1.91. The molecule has 4 heteroatoms. The molecule has 0 aliphatic heterocycles.